The Hall–Kier alpha value is -2.01. The lowest BCUT2D eigenvalue weighted by Crippen LogP contribution is -2.12. The Balaban J connectivity index is 2.34. The summed E-state index contributed by atoms with van der Waals surface area (Å²) in [4.78, 5) is 16.3. The van der Waals surface area contributed by atoms with Crippen molar-refractivity contribution in [2.45, 2.75) is 43.9 Å². The molecule has 0 radical (unpaired) electrons. The van der Waals surface area contributed by atoms with E-state index in [0.717, 1.165) is 31.3 Å². The molecule has 3 rings (SSSR count). The van der Waals surface area contributed by atoms with Crippen LogP contribution in [0.4, 0.5) is 0 Å². The summed E-state index contributed by atoms with van der Waals surface area (Å²) in [5.41, 5.74) is 2.30. The average molecular weight is 329 g/mol. The molecule has 4 nitrogen and oxygen atoms in total. The van der Waals surface area contributed by atoms with Gasteiger partial charge >= 0.3 is 0 Å². The van der Waals surface area contributed by atoms with E-state index in [1.807, 2.05) is 6.07 Å². The summed E-state index contributed by atoms with van der Waals surface area (Å²) in [7, 11) is -3.70. The largest absolute Gasteiger partial charge is 0.296 e. The lowest BCUT2D eigenvalue weighted by Gasteiger charge is -2.16. The third-order valence-electron chi connectivity index (χ3n) is 4.30. The summed E-state index contributed by atoms with van der Waals surface area (Å²) < 4.78 is 25.9. The second kappa shape index (κ2) is 6.24. The number of carbonyl (C=O) groups excluding carboxylic acids is 1. The molecule has 1 aliphatic heterocycles. The van der Waals surface area contributed by atoms with Gasteiger partial charge in [-0.3, -0.25) is 4.79 Å². The SMILES string of the molecule is CCC1=C(C=O)N=C(C2=CCCCC2)c2ccccc2S1(=O)=O. The van der Waals surface area contributed by atoms with Gasteiger partial charge in [0.2, 0.25) is 9.84 Å². The number of fused-ring (bicyclic) bond motifs is 1. The molecule has 0 amide bonds. The first-order valence-electron chi connectivity index (χ1n) is 7.90. The highest BCUT2D eigenvalue weighted by Gasteiger charge is 2.31. The van der Waals surface area contributed by atoms with Crippen LogP contribution in [0.5, 0.6) is 0 Å². The molecule has 1 aromatic carbocycles. The van der Waals surface area contributed by atoms with Gasteiger partial charge in [0.25, 0.3) is 0 Å². The van der Waals surface area contributed by atoms with Crippen molar-refractivity contribution < 1.29 is 13.2 Å². The van der Waals surface area contributed by atoms with Crippen molar-refractivity contribution in [3.63, 3.8) is 0 Å². The molecule has 1 heterocycles. The first kappa shape index (κ1) is 15.9. The van der Waals surface area contributed by atoms with E-state index in [1.165, 1.54) is 0 Å². The quantitative estimate of drug-likeness (QED) is 0.796. The zero-order chi connectivity index (χ0) is 16.4. The second-order valence-electron chi connectivity index (χ2n) is 5.71. The summed E-state index contributed by atoms with van der Waals surface area (Å²) in [5, 5.41) is 0. The molecule has 0 N–H and O–H groups in total. The highest BCUT2D eigenvalue weighted by atomic mass is 32.2. The van der Waals surface area contributed by atoms with Gasteiger partial charge < -0.3 is 0 Å². The number of hydrogen-bond donors (Lipinski definition) is 0. The molecule has 120 valence electrons. The molecule has 2 aliphatic rings. The van der Waals surface area contributed by atoms with Crippen molar-refractivity contribution in [2.75, 3.05) is 0 Å². The Labute approximate surface area is 136 Å². The van der Waals surface area contributed by atoms with E-state index >= 15 is 0 Å². The van der Waals surface area contributed by atoms with Gasteiger partial charge in [-0.1, -0.05) is 31.2 Å². The minimum Gasteiger partial charge on any atom is -0.296 e. The molecule has 0 saturated carbocycles. The van der Waals surface area contributed by atoms with Crippen LogP contribution in [0.1, 0.15) is 44.6 Å². The van der Waals surface area contributed by atoms with Crippen LogP contribution in [0.3, 0.4) is 0 Å². The monoisotopic (exact) mass is 329 g/mol. The van der Waals surface area contributed by atoms with Crippen molar-refractivity contribution >= 4 is 21.8 Å². The maximum atomic E-state index is 12.9. The molecular weight excluding hydrogens is 310 g/mol. The minimum absolute atomic E-state index is 0.0326. The van der Waals surface area contributed by atoms with E-state index in [0.29, 0.717) is 17.6 Å². The molecule has 0 bridgehead atoms. The van der Waals surface area contributed by atoms with E-state index in [4.69, 9.17) is 0 Å². The third-order valence-corrected chi connectivity index (χ3v) is 6.38. The Morgan fingerprint density at radius 1 is 1.22 bits per heavy atom. The lowest BCUT2D eigenvalue weighted by molar-refractivity contribution is -0.105. The number of rotatable bonds is 3. The fourth-order valence-corrected chi connectivity index (χ4v) is 4.90. The predicted molar refractivity (Wildman–Crippen MR) is 90.1 cm³/mol. The summed E-state index contributed by atoms with van der Waals surface area (Å²) in [6.45, 7) is 1.74. The zero-order valence-corrected chi connectivity index (χ0v) is 13.9. The van der Waals surface area contributed by atoms with Crippen LogP contribution in [0, 0.1) is 0 Å². The molecule has 0 spiro atoms. The molecule has 1 aliphatic carbocycles. The molecule has 1 aromatic rings. The summed E-state index contributed by atoms with van der Waals surface area (Å²) >= 11 is 0. The highest BCUT2D eigenvalue weighted by Crippen LogP contribution is 2.34. The fourth-order valence-electron chi connectivity index (χ4n) is 3.17. The fraction of sp³-hybridized carbons (Fsp3) is 0.333. The zero-order valence-electron chi connectivity index (χ0n) is 13.1. The van der Waals surface area contributed by atoms with Crippen LogP contribution in [-0.2, 0) is 14.6 Å². The van der Waals surface area contributed by atoms with Crippen molar-refractivity contribution in [1.82, 2.24) is 0 Å². The first-order valence-corrected chi connectivity index (χ1v) is 9.38. The normalized spacial score (nSPS) is 20.2. The Morgan fingerprint density at radius 3 is 2.65 bits per heavy atom. The third kappa shape index (κ3) is 2.70. The smallest absolute Gasteiger partial charge is 0.205 e. The number of allylic oxidation sites excluding steroid dienone is 4. The van der Waals surface area contributed by atoms with E-state index in [-0.39, 0.29) is 21.9 Å². The van der Waals surface area contributed by atoms with Gasteiger partial charge in [0, 0.05) is 5.56 Å². The van der Waals surface area contributed by atoms with Gasteiger partial charge in [0.05, 0.1) is 15.5 Å². The topological polar surface area (TPSA) is 63.6 Å². The minimum atomic E-state index is -3.70. The van der Waals surface area contributed by atoms with Crippen LogP contribution in [0.2, 0.25) is 0 Å². The second-order valence-corrected chi connectivity index (χ2v) is 7.65. The number of sulfone groups is 1. The van der Waals surface area contributed by atoms with Crippen molar-refractivity contribution in [1.29, 1.82) is 0 Å². The number of aliphatic imine (C=N–C) groups is 1. The van der Waals surface area contributed by atoms with E-state index in [1.54, 1.807) is 25.1 Å². The van der Waals surface area contributed by atoms with Crippen molar-refractivity contribution in [3.8, 4) is 0 Å². The molecule has 0 atom stereocenters. The van der Waals surface area contributed by atoms with Crippen molar-refractivity contribution in [2.24, 2.45) is 4.99 Å². The van der Waals surface area contributed by atoms with Gasteiger partial charge in [0.15, 0.2) is 6.29 Å². The van der Waals surface area contributed by atoms with Gasteiger partial charge in [-0.25, -0.2) is 13.4 Å². The number of benzene rings is 1. The highest BCUT2D eigenvalue weighted by molar-refractivity contribution is 7.95. The van der Waals surface area contributed by atoms with Gasteiger partial charge in [0.1, 0.15) is 5.70 Å². The Bertz CT molecular complexity index is 845. The van der Waals surface area contributed by atoms with Crippen LogP contribution in [-0.4, -0.2) is 20.4 Å². The number of carbonyl (C=O) groups is 1. The molecule has 0 aromatic heterocycles. The Kier molecular flexibility index (Phi) is 4.31. The molecule has 23 heavy (non-hydrogen) atoms. The standard InChI is InChI=1S/C18H19NO3S/c1-2-16-15(12-20)19-18(13-8-4-3-5-9-13)14-10-6-7-11-17(14)23(16,21)22/h6-8,10-12H,2-5,9H2,1H3. The number of aldehydes is 1. The van der Waals surface area contributed by atoms with Crippen molar-refractivity contribution in [3.05, 3.63) is 52.1 Å². The van der Waals surface area contributed by atoms with Crippen LogP contribution < -0.4 is 0 Å². The first-order chi connectivity index (χ1) is 11.1. The van der Waals surface area contributed by atoms with E-state index < -0.39 is 9.84 Å². The van der Waals surface area contributed by atoms with Crippen LogP contribution in [0.15, 0.2) is 56.4 Å². The predicted octanol–water partition coefficient (Wildman–Crippen LogP) is 3.58. The molecule has 0 unspecified atom stereocenters. The van der Waals surface area contributed by atoms with Crippen LogP contribution >= 0.6 is 0 Å². The summed E-state index contributed by atoms with van der Waals surface area (Å²) in [6, 6.07) is 6.91. The van der Waals surface area contributed by atoms with Gasteiger partial charge in [-0.15, -0.1) is 0 Å². The van der Waals surface area contributed by atoms with Crippen LogP contribution in [0.25, 0.3) is 0 Å². The van der Waals surface area contributed by atoms with E-state index in [2.05, 4.69) is 11.1 Å². The maximum absolute atomic E-state index is 12.9. The number of nitrogens with zero attached hydrogens (tertiary/aromatic N) is 1. The van der Waals surface area contributed by atoms with Gasteiger partial charge in [-0.05, 0) is 43.7 Å². The lowest BCUT2D eigenvalue weighted by atomic mass is 9.92. The average Bonchev–Trinajstić information content (AvgIpc) is 2.68. The maximum Gasteiger partial charge on any atom is 0.205 e. The molecule has 0 fully saturated rings. The van der Waals surface area contributed by atoms with Gasteiger partial charge in [-0.2, -0.15) is 0 Å². The number of hydrogen-bond acceptors (Lipinski definition) is 4. The molecular formula is C18H19NO3S. The van der Waals surface area contributed by atoms with E-state index in [9.17, 15) is 13.2 Å². The summed E-state index contributed by atoms with van der Waals surface area (Å²) in [6.07, 6.45) is 6.94. The molecule has 0 saturated heterocycles. The molecule has 5 heteroatoms. The Morgan fingerprint density at radius 2 is 2.00 bits per heavy atom. The summed E-state index contributed by atoms with van der Waals surface area (Å²) in [5.74, 6) is 0.